The van der Waals surface area contributed by atoms with E-state index >= 15 is 0 Å². The molecule has 0 aliphatic carbocycles. The summed E-state index contributed by atoms with van der Waals surface area (Å²) in [6, 6.07) is 0. The summed E-state index contributed by atoms with van der Waals surface area (Å²) < 4.78 is 4.89. The molecule has 0 unspecified atom stereocenters. The van der Waals surface area contributed by atoms with E-state index in [1.807, 2.05) is 0 Å². The van der Waals surface area contributed by atoms with E-state index in [2.05, 4.69) is 22.1 Å². The average Bonchev–Trinajstić information content (AvgIpc) is 2.35. The van der Waals surface area contributed by atoms with Crippen molar-refractivity contribution in [2.24, 2.45) is 10.3 Å². The van der Waals surface area contributed by atoms with Gasteiger partial charge in [0.2, 0.25) is 0 Å². The zero-order chi connectivity index (χ0) is 13.8. The maximum atomic E-state index is 11.6. The van der Waals surface area contributed by atoms with Crippen molar-refractivity contribution in [3.63, 3.8) is 0 Å². The van der Waals surface area contributed by atoms with Gasteiger partial charge in [0.25, 0.3) is 0 Å². The minimum atomic E-state index is -0.486. The number of carbonyl (C=O) groups is 1. The van der Waals surface area contributed by atoms with Crippen molar-refractivity contribution in [3.05, 3.63) is 0 Å². The Morgan fingerprint density at radius 2 is 1.78 bits per heavy atom. The molecule has 0 aromatic carbocycles. The summed E-state index contributed by atoms with van der Waals surface area (Å²) in [5.74, 6) is -0.486. The molecule has 6 heteroatoms. The second-order valence-electron chi connectivity index (χ2n) is 3.56. The van der Waals surface area contributed by atoms with Gasteiger partial charge in [-0.25, -0.2) is 4.79 Å². The number of oxime groups is 2. The predicted octanol–water partition coefficient (Wildman–Crippen LogP) is 2.13. The number of nitrogens with zero attached hydrogens (tertiary/aromatic N) is 2. The lowest BCUT2D eigenvalue weighted by Gasteiger charge is -2.07. The predicted molar refractivity (Wildman–Crippen MR) is 69.7 cm³/mol. The molecule has 0 fully saturated rings. The van der Waals surface area contributed by atoms with Gasteiger partial charge in [0, 0.05) is 6.42 Å². The summed E-state index contributed by atoms with van der Waals surface area (Å²) in [5, 5.41) is 7.58. The highest BCUT2D eigenvalue weighted by molar-refractivity contribution is 6.39. The monoisotopic (exact) mass is 258 g/mol. The van der Waals surface area contributed by atoms with Gasteiger partial charge < -0.3 is 14.4 Å². The molecule has 0 radical (unpaired) electrons. The number of ether oxygens (including phenoxy) is 1. The first-order chi connectivity index (χ1) is 8.69. The molecule has 0 rings (SSSR count). The molecule has 0 aliphatic heterocycles. The number of hydrogen-bond acceptors (Lipinski definition) is 6. The second kappa shape index (κ2) is 10.6. The number of esters is 1. The zero-order valence-corrected chi connectivity index (χ0v) is 11.6. The van der Waals surface area contributed by atoms with Crippen molar-refractivity contribution >= 4 is 17.4 Å². The van der Waals surface area contributed by atoms with Crippen LogP contribution in [0.25, 0.3) is 0 Å². The molecule has 0 amide bonds. The van der Waals surface area contributed by atoms with Crippen molar-refractivity contribution in [2.45, 2.75) is 39.5 Å². The topological polar surface area (TPSA) is 69.5 Å². The molecular formula is C12H22N2O4. The highest BCUT2D eigenvalue weighted by atomic mass is 16.6. The summed E-state index contributed by atoms with van der Waals surface area (Å²) in [4.78, 5) is 21.0. The third kappa shape index (κ3) is 6.88. The summed E-state index contributed by atoms with van der Waals surface area (Å²) >= 11 is 0. The highest BCUT2D eigenvalue weighted by Gasteiger charge is 2.17. The van der Waals surface area contributed by atoms with Gasteiger partial charge in [0.05, 0.1) is 12.3 Å². The summed E-state index contributed by atoms with van der Waals surface area (Å²) in [6.45, 7) is 4.12. The van der Waals surface area contributed by atoms with E-state index in [4.69, 9.17) is 9.57 Å². The van der Waals surface area contributed by atoms with E-state index in [9.17, 15) is 4.79 Å². The normalized spacial score (nSPS) is 12.2. The van der Waals surface area contributed by atoms with Crippen LogP contribution in [-0.4, -0.2) is 38.2 Å². The van der Waals surface area contributed by atoms with Crippen molar-refractivity contribution in [1.29, 1.82) is 0 Å². The van der Waals surface area contributed by atoms with Crippen LogP contribution >= 0.6 is 0 Å². The third-order valence-electron chi connectivity index (χ3n) is 2.12. The van der Waals surface area contributed by atoms with Crippen LogP contribution in [0.5, 0.6) is 0 Å². The van der Waals surface area contributed by atoms with E-state index in [-0.39, 0.29) is 12.1 Å². The molecular weight excluding hydrogens is 236 g/mol. The number of unbranched alkanes of at least 4 members (excludes halogenated alkanes) is 1. The number of carbonyl (C=O) groups excluding carboxylic acids is 1. The Morgan fingerprint density at radius 3 is 2.28 bits per heavy atom. The van der Waals surface area contributed by atoms with E-state index in [1.54, 1.807) is 6.92 Å². The SMILES string of the molecule is CCCC/C(C/C(=N/OC)C(=O)OCC)=N\OC. The lowest BCUT2D eigenvalue weighted by Crippen LogP contribution is -2.21. The average molecular weight is 258 g/mol. The minimum Gasteiger partial charge on any atom is -0.461 e. The van der Waals surface area contributed by atoms with Crippen LogP contribution in [0.4, 0.5) is 0 Å². The van der Waals surface area contributed by atoms with Crippen molar-refractivity contribution in [2.75, 3.05) is 20.8 Å². The minimum absolute atomic E-state index is 0.200. The quantitative estimate of drug-likeness (QED) is 0.361. The van der Waals surface area contributed by atoms with Crippen LogP contribution in [-0.2, 0) is 19.2 Å². The fourth-order valence-electron chi connectivity index (χ4n) is 1.34. The Hall–Kier alpha value is -1.59. The van der Waals surface area contributed by atoms with Crippen molar-refractivity contribution in [3.8, 4) is 0 Å². The molecule has 0 aliphatic rings. The fraction of sp³-hybridized carbons (Fsp3) is 0.750. The molecule has 0 saturated heterocycles. The summed E-state index contributed by atoms with van der Waals surface area (Å²) in [6.07, 6.45) is 3.05. The Morgan fingerprint density at radius 1 is 1.11 bits per heavy atom. The highest BCUT2D eigenvalue weighted by Crippen LogP contribution is 2.05. The maximum Gasteiger partial charge on any atom is 0.356 e. The third-order valence-corrected chi connectivity index (χ3v) is 2.12. The van der Waals surface area contributed by atoms with E-state index < -0.39 is 5.97 Å². The van der Waals surface area contributed by atoms with Gasteiger partial charge in [0.1, 0.15) is 14.2 Å². The molecule has 0 saturated carbocycles. The van der Waals surface area contributed by atoms with Gasteiger partial charge in [-0.3, -0.25) is 0 Å². The standard InChI is InChI=1S/C12H22N2O4/c1-5-7-8-10(13-16-3)9-11(14-17-4)12(15)18-6-2/h5-9H2,1-4H3/b13-10+,14-11-. The molecule has 18 heavy (non-hydrogen) atoms. The number of rotatable bonds is 9. The fourth-order valence-corrected chi connectivity index (χ4v) is 1.34. The Kier molecular flexibility index (Phi) is 9.62. The van der Waals surface area contributed by atoms with Gasteiger partial charge in [-0.15, -0.1) is 0 Å². The van der Waals surface area contributed by atoms with Crippen LogP contribution in [0.2, 0.25) is 0 Å². The summed E-state index contributed by atoms with van der Waals surface area (Å²) in [7, 11) is 2.86. The van der Waals surface area contributed by atoms with Crippen LogP contribution in [0.15, 0.2) is 10.3 Å². The molecule has 0 bridgehead atoms. The van der Waals surface area contributed by atoms with E-state index in [0.717, 1.165) is 25.0 Å². The molecule has 0 spiro atoms. The lowest BCUT2D eigenvalue weighted by atomic mass is 10.1. The Labute approximate surface area is 108 Å². The molecule has 0 N–H and O–H groups in total. The van der Waals surface area contributed by atoms with Crippen LogP contribution in [0.3, 0.4) is 0 Å². The van der Waals surface area contributed by atoms with Gasteiger partial charge in [-0.1, -0.05) is 23.7 Å². The molecule has 0 aromatic rings. The summed E-state index contributed by atoms with van der Waals surface area (Å²) in [5.41, 5.74) is 0.953. The molecule has 6 nitrogen and oxygen atoms in total. The first-order valence-electron chi connectivity index (χ1n) is 6.05. The Balaban J connectivity index is 4.66. The van der Waals surface area contributed by atoms with E-state index in [0.29, 0.717) is 6.61 Å². The van der Waals surface area contributed by atoms with E-state index in [1.165, 1.54) is 14.2 Å². The van der Waals surface area contributed by atoms with Gasteiger partial charge >= 0.3 is 5.97 Å². The second-order valence-corrected chi connectivity index (χ2v) is 3.56. The van der Waals surface area contributed by atoms with Gasteiger partial charge in [0.15, 0.2) is 5.71 Å². The van der Waals surface area contributed by atoms with Crippen molar-refractivity contribution in [1.82, 2.24) is 0 Å². The van der Waals surface area contributed by atoms with Crippen molar-refractivity contribution < 1.29 is 19.2 Å². The molecule has 0 atom stereocenters. The number of hydrogen-bond donors (Lipinski definition) is 0. The first kappa shape index (κ1) is 16.4. The van der Waals surface area contributed by atoms with Crippen LogP contribution < -0.4 is 0 Å². The van der Waals surface area contributed by atoms with Gasteiger partial charge in [-0.2, -0.15) is 0 Å². The first-order valence-corrected chi connectivity index (χ1v) is 6.05. The maximum absolute atomic E-state index is 11.6. The smallest absolute Gasteiger partial charge is 0.356 e. The van der Waals surface area contributed by atoms with Crippen LogP contribution in [0, 0.1) is 0 Å². The van der Waals surface area contributed by atoms with Crippen LogP contribution in [0.1, 0.15) is 39.5 Å². The largest absolute Gasteiger partial charge is 0.461 e. The molecule has 0 heterocycles. The molecule has 0 aromatic heterocycles. The van der Waals surface area contributed by atoms with Gasteiger partial charge in [-0.05, 0) is 19.8 Å². The lowest BCUT2D eigenvalue weighted by molar-refractivity contribution is -0.135. The molecule has 104 valence electrons. The zero-order valence-electron chi connectivity index (χ0n) is 11.6. The Bertz CT molecular complexity index is 300.